The lowest BCUT2D eigenvalue weighted by Gasteiger charge is -2.17. The molecular weight excluding hydrogens is 312 g/mol. The van der Waals surface area contributed by atoms with E-state index < -0.39 is 0 Å². The number of benzene rings is 1. The van der Waals surface area contributed by atoms with Crippen LogP contribution >= 0.6 is 0 Å². The van der Waals surface area contributed by atoms with Crippen LogP contribution in [0.25, 0.3) is 0 Å². The minimum absolute atomic E-state index is 0.0343. The maximum Gasteiger partial charge on any atom is 0.239 e. The summed E-state index contributed by atoms with van der Waals surface area (Å²) in [6.07, 6.45) is 13.4. The molecule has 0 unspecified atom stereocenters. The highest BCUT2D eigenvalue weighted by Crippen LogP contribution is 2.29. The fourth-order valence-electron chi connectivity index (χ4n) is 3.63. The van der Waals surface area contributed by atoms with Crippen molar-refractivity contribution in [3.8, 4) is 5.75 Å². The van der Waals surface area contributed by atoms with Crippen LogP contribution in [-0.4, -0.2) is 25.1 Å². The highest BCUT2D eigenvalue weighted by Gasteiger charge is 2.17. The molecule has 0 aliphatic heterocycles. The molecule has 0 heterocycles. The van der Waals surface area contributed by atoms with Crippen LogP contribution in [0.1, 0.15) is 57.8 Å². The third-order valence-electron chi connectivity index (χ3n) is 5.08. The number of carbonyl (C=O) groups is 1. The number of ether oxygens (including phenoxy) is 1. The minimum atomic E-state index is 0.0343. The van der Waals surface area contributed by atoms with E-state index in [-0.39, 0.29) is 12.5 Å². The number of hydrogen-bond donors (Lipinski definition) is 2. The highest BCUT2D eigenvalue weighted by molar-refractivity contribution is 5.81. The van der Waals surface area contributed by atoms with Crippen molar-refractivity contribution >= 4 is 11.6 Å². The van der Waals surface area contributed by atoms with Crippen molar-refractivity contribution in [1.29, 1.82) is 0 Å². The van der Waals surface area contributed by atoms with Crippen molar-refractivity contribution in [2.45, 2.75) is 63.9 Å². The van der Waals surface area contributed by atoms with Crippen molar-refractivity contribution in [3.63, 3.8) is 0 Å². The first-order valence-electron chi connectivity index (χ1n) is 9.75. The monoisotopic (exact) mass is 342 g/mol. The van der Waals surface area contributed by atoms with Crippen LogP contribution in [0, 0.1) is 0 Å². The Morgan fingerprint density at radius 1 is 1.12 bits per heavy atom. The molecule has 136 valence electrons. The summed E-state index contributed by atoms with van der Waals surface area (Å²) in [6, 6.07) is 7.91. The van der Waals surface area contributed by atoms with Gasteiger partial charge in [0.1, 0.15) is 5.75 Å². The standard InChI is InChI=1S/C21H30N2O2/c24-21(22-15-14-17-8-2-1-3-9-17)16-23-19-12-6-7-13-20(19)25-18-10-4-5-11-18/h6-8,12-13,18,23H,1-5,9-11,14-16H2,(H,22,24). The van der Waals surface area contributed by atoms with Gasteiger partial charge in [0.15, 0.2) is 0 Å². The Morgan fingerprint density at radius 2 is 1.96 bits per heavy atom. The summed E-state index contributed by atoms with van der Waals surface area (Å²) in [4.78, 5) is 12.1. The van der Waals surface area contributed by atoms with Crippen LogP contribution in [0.2, 0.25) is 0 Å². The Kier molecular flexibility index (Phi) is 6.78. The number of amides is 1. The van der Waals surface area contributed by atoms with Gasteiger partial charge in [0.05, 0.1) is 18.3 Å². The SMILES string of the molecule is O=C(CNc1ccccc1OC1CCCC1)NCCC1=CCCCC1. The van der Waals surface area contributed by atoms with Gasteiger partial charge in [0.2, 0.25) is 5.91 Å². The second-order valence-electron chi connectivity index (χ2n) is 7.08. The zero-order chi connectivity index (χ0) is 17.3. The first-order chi connectivity index (χ1) is 12.3. The number of allylic oxidation sites excluding steroid dienone is 1. The van der Waals surface area contributed by atoms with Crippen molar-refractivity contribution in [2.24, 2.45) is 0 Å². The number of nitrogens with one attached hydrogen (secondary N) is 2. The number of carbonyl (C=O) groups excluding carboxylic acids is 1. The summed E-state index contributed by atoms with van der Waals surface area (Å²) in [7, 11) is 0. The molecule has 3 rings (SSSR count). The zero-order valence-corrected chi connectivity index (χ0v) is 15.1. The largest absolute Gasteiger partial charge is 0.488 e. The highest BCUT2D eigenvalue weighted by atomic mass is 16.5. The van der Waals surface area contributed by atoms with Crippen LogP contribution in [0.4, 0.5) is 5.69 Å². The molecule has 0 spiro atoms. The van der Waals surface area contributed by atoms with Crippen molar-refractivity contribution < 1.29 is 9.53 Å². The van der Waals surface area contributed by atoms with Crippen molar-refractivity contribution in [3.05, 3.63) is 35.9 Å². The van der Waals surface area contributed by atoms with E-state index in [1.54, 1.807) is 0 Å². The van der Waals surface area contributed by atoms with E-state index in [0.717, 1.165) is 37.2 Å². The van der Waals surface area contributed by atoms with E-state index in [2.05, 4.69) is 16.7 Å². The summed E-state index contributed by atoms with van der Waals surface area (Å²) >= 11 is 0. The van der Waals surface area contributed by atoms with E-state index in [4.69, 9.17) is 4.74 Å². The van der Waals surface area contributed by atoms with E-state index in [1.165, 1.54) is 44.1 Å². The Morgan fingerprint density at radius 3 is 2.76 bits per heavy atom. The number of rotatable bonds is 8. The predicted molar refractivity (Wildman–Crippen MR) is 102 cm³/mol. The van der Waals surface area contributed by atoms with Crippen LogP contribution in [0.15, 0.2) is 35.9 Å². The van der Waals surface area contributed by atoms with Gasteiger partial charge in [0.25, 0.3) is 0 Å². The van der Waals surface area contributed by atoms with Gasteiger partial charge in [-0.05, 0) is 69.9 Å². The van der Waals surface area contributed by atoms with Crippen LogP contribution < -0.4 is 15.4 Å². The summed E-state index contributed by atoms with van der Waals surface area (Å²) in [5.41, 5.74) is 2.40. The average Bonchev–Trinajstić information content (AvgIpc) is 3.15. The Bertz CT molecular complexity index is 591. The molecule has 1 saturated carbocycles. The lowest BCUT2D eigenvalue weighted by molar-refractivity contribution is -0.119. The summed E-state index contributed by atoms with van der Waals surface area (Å²) in [5.74, 6) is 0.890. The van der Waals surface area contributed by atoms with Gasteiger partial charge >= 0.3 is 0 Å². The second-order valence-corrected chi connectivity index (χ2v) is 7.08. The Balaban J connectivity index is 1.41. The Labute approximate surface area is 151 Å². The first-order valence-corrected chi connectivity index (χ1v) is 9.75. The summed E-state index contributed by atoms with van der Waals surface area (Å²) in [5, 5.41) is 6.23. The molecule has 2 N–H and O–H groups in total. The maximum absolute atomic E-state index is 12.1. The molecule has 0 aromatic heterocycles. The lowest BCUT2D eigenvalue weighted by Crippen LogP contribution is -2.31. The first kappa shape index (κ1) is 17.8. The van der Waals surface area contributed by atoms with Gasteiger partial charge in [-0.15, -0.1) is 0 Å². The molecule has 2 aliphatic carbocycles. The third kappa shape index (κ3) is 5.80. The third-order valence-corrected chi connectivity index (χ3v) is 5.08. The van der Waals surface area contributed by atoms with Gasteiger partial charge in [-0.2, -0.15) is 0 Å². The normalized spacial score (nSPS) is 17.8. The van der Waals surface area contributed by atoms with Gasteiger partial charge in [-0.3, -0.25) is 4.79 Å². The van der Waals surface area contributed by atoms with E-state index in [0.29, 0.717) is 6.10 Å². The molecule has 1 amide bonds. The summed E-state index contributed by atoms with van der Waals surface area (Å²) < 4.78 is 6.10. The fourth-order valence-corrected chi connectivity index (χ4v) is 3.63. The van der Waals surface area contributed by atoms with Gasteiger partial charge < -0.3 is 15.4 Å². The van der Waals surface area contributed by atoms with E-state index >= 15 is 0 Å². The van der Waals surface area contributed by atoms with Crippen LogP contribution in [0.3, 0.4) is 0 Å². The number of anilines is 1. The van der Waals surface area contributed by atoms with Crippen LogP contribution in [0.5, 0.6) is 5.75 Å². The van der Waals surface area contributed by atoms with Gasteiger partial charge in [-0.25, -0.2) is 0 Å². The molecule has 0 atom stereocenters. The van der Waals surface area contributed by atoms with Crippen LogP contribution in [-0.2, 0) is 4.79 Å². The minimum Gasteiger partial charge on any atom is -0.488 e. The quantitative estimate of drug-likeness (QED) is 0.687. The van der Waals surface area contributed by atoms with E-state index in [1.807, 2.05) is 24.3 Å². The molecule has 1 fully saturated rings. The molecule has 4 nitrogen and oxygen atoms in total. The molecule has 1 aromatic carbocycles. The molecule has 0 saturated heterocycles. The average molecular weight is 342 g/mol. The molecule has 2 aliphatic rings. The smallest absolute Gasteiger partial charge is 0.239 e. The predicted octanol–water partition coefficient (Wildman–Crippen LogP) is 4.43. The molecule has 0 bridgehead atoms. The topological polar surface area (TPSA) is 50.4 Å². The molecule has 25 heavy (non-hydrogen) atoms. The molecular formula is C21H30N2O2. The fraction of sp³-hybridized carbons (Fsp3) is 0.571. The maximum atomic E-state index is 12.1. The van der Waals surface area contributed by atoms with Gasteiger partial charge in [-0.1, -0.05) is 23.8 Å². The Hall–Kier alpha value is -1.97. The summed E-state index contributed by atoms with van der Waals surface area (Å²) in [6.45, 7) is 1.01. The number of para-hydroxylation sites is 2. The molecule has 4 heteroatoms. The second kappa shape index (κ2) is 9.50. The van der Waals surface area contributed by atoms with Crippen molar-refractivity contribution in [1.82, 2.24) is 5.32 Å². The molecule has 1 aromatic rings. The van der Waals surface area contributed by atoms with Gasteiger partial charge in [0, 0.05) is 6.54 Å². The van der Waals surface area contributed by atoms with Crippen molar-refractivity contribution in [2.75, 3.05) is 18.4 Å². The number of hydrogen-bond acceptors (Lipinski definition) is 3. The zero-order valence-electron chi connectivity index (χ0n) is 15.1. The lowest BCUT2D eigenvalue weighted by atomic mass is 9.97. The molecule has 0 radical (unpaired) electrons. The van der Waals surface area contributed by atoms with E-state index in [9.17, 15) is 4.79 Å².